The summed E-state index contributed by atoms with van der Waals surface area (Å²) in [4.78, 5) is 15.6. The van der Waals surface area contributed by atoms with Gasteiger partial charge in [0.25, 0.3) is 5.91 Å². The minimum atomic E-state index is -1.72. The summed E-state index contributed by atoms with van der Waals surface area (Å²) in [6.45, 7) is 0. The van der Waals surface area contributed by atoms with Crippen LogP contribution in [0.15, 0.2) is 17.0 Å². The molecule has 0 spiro atoms. The molecule has 0 aromatic carbocycles. The van der Waals surface area contributed by atoms with Crippen LogP contribution in [0.5, 0.6) is 0 Å². The lowest BCUT2D eigenvalue weighted by atomic mass is 10.1. The van der Waals surface area contributed by atoms with Gasteiger partial charge in [-0.05, 0) is 18.9 Å². The molecule has 1 atom stereocenters. The Morgan fingerprint density at radius 1 is 1.53 bits per heavy atom. The van der Waals surface area contributed by atoms with Crippen LogP contribution in [0.25, 0.3) is 0 Å². The summed E-state index contributed by atoms with van der Waals surface area (Å²) < 4.78 is 23.7. The van der Waals surface area contributed by atoms with Crippen LogP contribution in [0.4, 0.5) is 4.39 Å². The van der Waals surface area contributed by atoms with E-state index in [1.165, 1.54) is 20.4 Å². The summed E-state index contributed by atoms with van der Waals surface area (Å²) in [5, 5.41) is 2.54. The Bertz CT molecular complexity index is 390. The van der Waals surface area contributed by atoms with E-state index in [1.54, 1.807) is 6.08 Å². The number of hydrogen-bond acceptors (Lipinski definition) is 4. The average molecular weight is 242 g/mol. The summed E-state index contributed by atoms with van der Waals surface area (Å²) in [5.41, 5.74) is -2.79. The van der Waals surface area contributed by atoms with Crippen LogP contribution in [0.2, 0.25) is 0 Å². The normalized spacial score (nSPS) is 29.5. The first-order chi connectivity index (χ1) is 8.03. The van der Waals surface area contributed by atoms with Crippen molar-refractivity contribution in [3.63, 3.8) is 0 Å². The smallest absolute Gasteiger partial charge is 0.260 e. The molecule has 94 valence electrons. The molecule has 6 heteroatoms. The fraction of sp³-hybridized carbons (Fsp3) is 0.636. The van der Waals surface area contributed by atoms with Crippen molar-refractivity contribution in [3.8, 4) is 0 Å². The maximum atomic E-state index is 13.5. The van der Waals surface area contributed by atoms with Crippen molar-refractivity contribution < 1.29 is 18.7 Å². The lowest BCUT2D eigenvalue weighted by molar-refractivity contribution is -0.133. The number of carbonyl (C=O) groups excluding carboxylic acids is 1. The highest BCUT2D eigenvalue weighted by Gasteiger charge is 2.52. The van der Waals surface area contributed by atoms with E-state index in [1.807, 2.05) is 0 Å². The van der Waals surface area contributed by atoms with Gasteiger partial charge in [0, 0.05) is 13.5 Å². The number of aliphatic imine (C=N–C) groups is 1. The molecule has 1 aliphatic carbocycles. The van der Waals surface area contributed by atoms with E-state index in [0.717, 1.165) is 0 Å². The van der Waals surface area contributed by atoms with Gasteiger partial charge in [-0.1, -0.05) is 0 Å². The second-order valence-electron chi connectivity index (χ2n) is 4.22. The molecule has 0 aromatic rings. The van der Waals surface area contributed by atoms with Crippen molar-refractivity contribution in [2.24, 2.45) is 4.99 Å². The summed E-state index contributed by atoms with van der Waals surface area (Å²) >= 11 is 0. The molecular formula is C11H15FN2O3. The van der Waals surface area contributed by atoms with Crippen LogP contribution in [0, 0.1) is 0 Å². The van der Waals surface area contributed by atoms with E-state index in [4.69, 9.17) is 9.47 Å². The third kappa shape index (κ3) is 2.31. The van der Waals surface area contributed by atoms with Gasteiger partial charge in [-0.15, -0.1) is 0 Å². The van der Waals surface area contributed by atoms with Crippen molar-refractivity contribution in [1.82, 2.24) is 5.32 Å². The van der Waals surface area contributed by atoms with E-state index in [0.29, 0.717) is 12.3 Å². The van der Waals surface area contributed by atoms with Gasteiger partial charge in [0.2, 0.25) is 5.88 Å². The summed E-state index contributed by atoms with van der Waals surface area (Å²) in [6.07, 6.45) is 4.01. The maximum Gasteiger partial charge on any atom is 0.260 e. The molecule has 1 amide bonds. The molecule has 5 nitrogen and oxygen atoms in total. The van der Waals surface area contributed by atoms with E-state index in [-0.39, 0.29) is 12.8 Å². The number of amides is 1. The van der Waals surface area contributed by atoms with Gasteiger partial charge in [0.15, 0.2) is 11.4 Å². The lowest BCUT2D eigenvalue weighted by Crippen LogP contribution is -2.54. The number of rotatable bonds is 4. The Morgan fingerprint density at radius 2 is 2.24 bits per heavy atom. The predicted molar refractivity (Wildman–Crippen MR) is 59.2 cm³/mol. The first-order valence-electron chi connectivity index (χ1n) is 5.40. The van der Waals surface area contributed by atoms with Gasteiger partial charge in [-0.25, -0.2) is 9.38 Å². The molecule has 1 unspecified atom stereocenters. The maximum absolute atomic E-state index is 13.5. The zero-order chi connectivity index (χ0) is 12.5. The van der Waals surface area contributed by atoms with Crippen molar-refractivity contribution in [3.05, 3.63) is 12.0 Å². The van der Waals surface area contributed by atoms with Crippen LogP contribution < -0.4 is 5.32 Å². The Kier molecular flexibility index (Phi) is 2.91. The highest BCUT2D eigenvalue weighted by atomic mass is 19.1. The van der Waals surface area contributed by atoms with Crippen LogP contribution in [-0.2, 0) is 14.3 Å². The van der Waals surface area contributed by atoms with Gasteiger partial charge in [0.05, 0.1) is 13.3 Å². The lowest BCUT2D eigenvalue weighted by Gasteiger charge is -2.31. The third-order valence-electron chi connectivity index (χ3n) is 2.97. The van der Waals surface area contributed by atoms with Crippen molar-refractivity contribution in [1.29, 1.82) is 0 Å². The Balaban J connectivity index is 2.05. The van der Waals surface area contributed by atoms with Crippen molar-refractivity contribution in [2.75, 3.05) is 14.2 Å². The second kappa shape index (κ2) is 4.10. The van der Waals surface area contributed by atoms with Crippen molar-refractivity contribution >= 4 is 12.1 Å². The quantitative estimate of drug-likeness (QED) is 0.745. The molecular weight excluding hydrogens is 227 g/mol. The Labute approximate surface area is 98.7 Å². The molecule has 1 N–H and O–H groups in total. The minimum absolute atomic E-state index is 0.273. The average Bonchev–Trinajstić information content (AvgIpc) is 3.10. The van der Waals surface area contributed by atoms with E-state index < -0.39 is 17.3 Å². The first kappa shape index (κ1) is 12.0. The van der Waals surface area contributed by atoms with Gasteiger partial charge < -0.3 is 14.8 Å². The Morgan fingerprint density at radius 3 is 2.65 bits per heavy atom. The molecule has 17 heavy (non-hydrogen) atoms. The summed E-state index contributed by atoms with van der Waals surface area (Å²) in [6, 6.07) is 0. The fourth-order valence-corrected chi connectivity index (χ4v) is 1.56. The standard InChI is InChI=1S/C11H15FN2O3/c1-16-8-3-4-11(17-2,7-13-8)14-9(15)10(12)5-6-10/h3,7H,4-6H2,1-2H3,(H,14,15). The number of nitrogens with one attached hydrogen (secondary N) is 1. The molecule has 2 rings (SSSR count). The highest BCUT2D eigenvalue weighted by molar-refractivity contribution is 5.91. The summed E-state index contributed by atoms with van der Waals surface area (Å²) in [5.74, 6) is -0.187. The van der Waals surface area contributed by atoms with E-state index in [2.05, 4.69) is 10.3 Å². The first-order valence-corrected chi connectivity index (χ1v) is 5.40. The largest absolute Gasteiger partial charge is 0.481 e. The van der Waals surface area contributed by atoms with Crippen LogP contribution in [0.1, 0.15) is 19.3 Å². The summed E-state index contributed by atoms with van der Waals surface area (Å²) in [7, 11) is 2.94. The monoisotopic (exact) mass is 242 g/mol. The van der Waals surface area contributed by atoms with Crippen molar-refractivity contribution in [2.45, 2.75) is 30.7 Å². The van der Waals surface area contributed by atoms with Crippen LogP contribution >= 0.6 is 0 Å². The van der Waals surface area contributed by atoms with Gasteiger partial charge in [-0.2, -0.15) is 0 Å². The third-order valence-corrected chi connectivity index (χ3v) is 2.97. The molecule has 0 saturated heterocycles. The van der Waals surface area contributed by atoms with Gasteiger partial charge in [-0.3, -0.25) is 4.79 Å². The fourth-order valence-electron chi connectivity index (χ4n) is 1.56. The van der Waals surface area contributed by atoms with E-state index >= 15 is 0 Å². The number of hydrogen-bond donors (Lipinski definition) is 1. The molecule has 2 aliphatic rings. The molecule has 0 bridgehead atoms. The van der Waals surface area contributed by atoms with Gasteiger partial charge in [0.1, 0.15) is 0 Å². The number of carbonyl (C=O) groups is 1. The number of ether oxygens (including phenoxy) is 2. The predicted octanol–water partition coefficient (Wildman–Crippen LogP) is 0.910. The number of alkyl halides is 1. The molecule has 0 aromatic heterocycles. The minimum Gasteiger partial charge on any atom is -0.481 e. The highest BCUT2D eigenvalue weighted by Crippen LogP contribution is 2.40. The zero-order valence-electron chi connectivity index (χ0n) is 9.83. The topological polar surface area (TPSA) is 59.9 Å². The Hall–Kier alpha value is -1.43. The molecule has 1 aliphatic heterocycles. The second-order valence-corrected chi connectivity index (χ2v) is 4.22. The number of halogens is 1. The number of methoxy groups -OCH3 is 2. The molecule has 1 heterocycles. The SMILES string of the molecule is COC1=CCC(NC(=O)C2(F)CC2)(OC)C=N1. The number of nitrogens with zero attached hydrogens (tertiary/aromatic N) is 1. The zero-order valence-corrected chi connectivity index (χ0v) is 9.83. The molecule has 1 saturated carbocycles. The van der Waals surface area contributed by atoms with Gasteiger partial charge >= 0.3 is 0 Å². The van der Waals surface area contributed by atoms with E-state index in [9.17, 15) is 9.18 Å². The molecule has 0 radical (unpaired) electrons. The molecule has 1 fully saturated rings. The van der Waals surface area contributed by atoms with Crippen LogP contribution in [0.3, 0.4) is 0 Å². The van der Waals surface area contributed by atoms with Crippen LogP contribution in [-0.4, -0.2) is 37.7 Å².